The van der Waals surface area contributed by atoms with Crippen LogP contribution in [0.25, 0.3) is 0 Å². The average molecular weight is 474 g/mol. The second-order valence-electron chi connectivity index (χ2n) is 8.34. The summed E-state index contributed by atoms with van der Waals surface area (Å²) in [4.78, 5) is 27.1. The van der Waals surface area contributed by atoms with Crippen molar-refractivity contribution in [2.75, 3.05) is 13.7 Å². The molecule has 2 aromatic carbocycles. The molecule has 0 aromatic heterocycles. The molecule has 2 aliphatic rings. The Morgan fingerprint density at radius 2 is 1.65 bits per heavy atom. The van der Waals surface area contributed by atoms with Gasteiger partial charge in [-0.25, -0.2) is 0 Å². The zero-order valence-electron chi connectivity index (χ0n) is 18.8. The smallest absolute Gasteiger partial charge is 0.229 e. The van der Waals surface area contributed by atoms with Gasteiger partial charge in [-0.1, -0.05) is 6.92 Å². The Kier molecular flexibility index (Phi) is 6.36. The van der Waals surface area contributed by atoms with Gasteiger partial charge in [-0.05, 0) is 31.0 Å². The van der Waals surface area contributed by atoms with Crippen LogP contribution in [0.2, 0.25) is 0 Å². The maximum absolute atomic E-state index is 13.6. The van der Waals surface area contributed by atoms with Gasteiger partial charge in [0.2, 0.25) is 12.1 Å². The summed E-state index contributed by atoms with van der Waals surface area (Å²) in [5.74, 6) is -1.46. The number of phenolic OH excluding ortho intramolecular Hbond substituents is 1. The van der Waals surface area contributed by atoms with Crippen LogP contribution in [0.5, 0.6) is 17.2 Å². The fourth-order valence-corrected chi connectivity index (χ4v) is 4.51. The Labute approximate surface area is 194 Å². The molecule has 34 heavy (non-hydrogen) atoms. The molecule has 10 heteroatoms. The van der Waals surface area contributed by atoms with Crippen molar-refractivity contribution in [3.8, 4) is 17.2 Å². The lowest BCUT2D eigenvalue weighted by Gasteiger charge is -2.40. The van der Waals surface area contributed by atoms with E-state index < -0.39 is 48.9 Å². The minimum Gasteiger partial charge on any atom is -0.507 e. The molecule has 5 N–H and O–H groups in total. The number of hydrogen-bond donors (Lipinski definition) is 5. The van der Waals surface area contributed by atoms with Gasteiger partial charge in [0.25, 0.3) is 0 Å². The molecule has 4 rings (SSSR count). The van der Waals surface area contributed by atoms with E-state index in [1.54, 1.807) is 13.8 Å². The minimum atomic E-state index is -1.73. The van der Waals surface area contributed by atoms with Gasteiger partial charge in [-0.2, -0.15) is 0 Å². The number of aryl methyl sites for hydroxylation is 1. The number of carbonyl (C=O) groups is 2. The van der Waals surface area contributed by atoms with Crippen molar-refractivity contribution >= 4 is 11.6 Å². The second kappa shape index (κ2) is 8.97. The van der Waals surface area contributed by atoms with E-state index in [-0.39, 0.29) is 39.5 Å². The van der Waals surface area contributed by atoms with E-state index in [1.807, 2.05) is 0 Å². The first-order chi connectivity index (χ1) is 16.1. The lowest BCUT2D eigenvalue weighted by molar-refractivity contribution is -0.277. The molecule has 1 saturated heterocycles. The number of ketones is 2. The van der Waals surface area contributed by atoms with Crippen LogP contribution in [-0.4, -0.2) is 81.5 Å². The van der Waals surface area contributed by atoms with E-state index in [0.29, 0.717) is 17.5 Å². The lowest BCUT2D eigenvalue weighted by atomic mass is 9.79. The Balaban J connectivity index is 1.89. The van der Waals surface area contributed by atoms with Crippen molar-refractivity contribution in [2.45, 2.75) is 51.0 Å². The van der Waals surface area contributed by atoms with Crippen LogP contribution < -0.4 is 9.47 Å². The van der Waals surface area contributed by atoms with E-state index in [2.05, 4.69) is 0 Å². The van der Waals surface area contributed by atoms with Gasteiger partial charge in [0.1, 0.15) is 41.7 Å². The monoisotopic (exact) mass is 474 g/mol. The molecule has 0 saturated carbocycles. The summed E-state index contributed by atoms with van der Waals surface area (Å²) in [5.41, 5.74) is 0.837. The molecule has 0 bridgehead atoms. The normalized spacial score (nSPS) is 26.1. The molecule has 2 aromatic rings. The summed E-state index contributed by atoms with van der Waals surface area (Å²) >= 11 is 0. The number of aromatic hydroxyl groups is 1. The number of aliphatic hydroxyl groups excluding tert-OH is 4. The van der Waals surface area contributed by atoms with Gasteiger partial charge in [-0.15, -0.1) is 0 Å². The zero-order chi connectivity index (χ0) is 24.9. The zero-order valence-corrected chi connectivity index (χ0v) is 18.8. The summed E-state index contributed by atoms with van der Waals surface area (Å²) in [6.07, 6.45) is -7.51. The molecule has 1 aliphatic heterocycles. The number of methoxy groups -OCH3 is 1. The highest BCUT2D eigenvalue weighted by atomic mass is 16.7. The third-order valence-corrected chi connectivity index (χ3v) is 6.21. The first kappa shape index (κ1) is 24.1. The highest BCUT2D eigenvalue weighted by Gasteiger charge is 2.46. The fourth-order valence-electron chi connectivity index (χ4n) is 4.51. The predicted octanol–water partition coefficient (Wildman–Crippen LogP) is 0.226. The van der Waals surface area contributed by atoms with E-state index in [1.165, 1.54) is 25.3 Å². The minimum absolute atomic E-state index is 0.0453. The maximum Gasteiger partial charge on any atom is 0.229 e. The molecular weight excluding hydrogens is 448 g/mol. The summed E-state index contributed by atoms with van der Waals surface area (Å²) in [7, 11) is 1.39. The number of rotatable bonds is 5. The van der Waals surface area contributed by atoms with E-state index in [0.717, 1.165) is 0 Å². The van der Waals surface area contributed by atoms with E-state index in [4.69, 9.17) is 14.2 Å². The van der Waals surface area contributed by atoms with Crippen LogP contribution in [-0.2, 0) is 11.2 Å². The quantitative estimate of drug-likeness (QED) is 0.346. The third-order valence-electron chi connectivity index (χ3n) is 6.21. The molecule has 0 unspecified atom stereocenters. The highest BCUT2D eigenvalue weighted by molar-refractivity contribution is 6.31. The number of phenols is 1. The molecule has 0 amide bonds. The maximum atomic E-state index is 13.6. The third kappa shape index (κ3) is 3.64. The number of ether oxygens (including phenoxy) is 3. The number of carbonyl (C=O) groups excluding carboxylic acids is 2. The highest BCUT2D eigenvalue weighted by Crippen LogP contribution is 2.43. The van der Waals surface area contributed by atoms with Crippen molar-refractivity contribution < 1.29 is 49.3 Å². The Morgan fingerprint density at radius 3 is 2.26 bits per heavy atom. The summed E-state index contributed by atoms with van der Waals surface area (Å²) in [6, 6.07) is 4.26. The number of benzene rings is 2. The molecule has 1 aliphatic carbocycles. The Bertz CT molecular complexity index is 1160. The molecule has 5 atom stereocenters. The molecule has 1 fully saturated rings. The number of fused-ring (bicyclic) bond motifs is 2. The Morgan fingerprint density at radius 1 is 0.941 bits per heavy atom. The molecule has 0 spiro atoms. The van der Waals surface area contributed by atoms with Gasteiger partial charge in [0.15, 0.2) is 5.78 Å². The van der Waals surface area contributed by atoms with Crippen molar-refractivity contribution in [1.82, 2.24) is 0 Å². The topological polar surface area (TPSA) is 163 Å². The molecular formula is C24H26O10. The molecule has 10 nitrogen and oxygen atoms in total. The largest absolute Gasteiger partial charge is 0.507 e. The summed E-state index contributed by atoms with van der Waals surface area (Å²) < 4.78 is 16.6. The summed E-state index contributed by atoms with van der Waals surface area (Å²) in [5, 5.41) is 50.5. The van der Waals surface area contributed by atoms with Crippen molar-refractivity contribution in [3.05, 3.63) is 51.6 Å². The molecule has 182 valence electrons. The van der Waals surface area contributed by atoms with Crippen LogP contribution in [0.15, 0.2) is 18.2 Å². The van der Waals surface area contributed by atoms with Gasteiger partial charge in [0.05, 0.1) is 24.8 Å². The van der Waals surface area contributed by atoms with Gasteiger partial charge in [-0.3, -0.25) is 9.59 Å². The first-order valence-corrected chi connectivity index (χ1v) is 10.8. The second-order valence-corrected chi connectivity index (χ2v) is 8.34. The number of hydrogen-bond acceptors (Lipinski definition) is 10. The van der Waals surface area contributed by atoms with E-state index in [9.17, 15) is 35.1 Å². The Hall–Kier alpha value is -3.02. The predicted molar refractivity (Wildman–Crippen MR) is 116 cm³/mol. The van der Waals surface area contributed by atoms with Crippen LogP contribution in [0.1, 0.15) is 49.9 Å². The lowest BCUT2D eigenvalue weighted by Crippen LogP contribution is -2.60. The van der Waals surface area contributed by atoms with Gasteiger partial charge >= 0.3 is 0 Å². The van der Waals surface area contributed by atoms with E-state index >= 15 is 0 Å². The average Bonchev–Trinajstić information content (AvgIpc) is 2.81. The first-order valence-electron chi connectivity index (χ1n) is 10.8. The van der Waals surface area contributed by atoms with Crippen LogP contribution in [0.4, 0.5) is 0 Å². The van der Waals surface area contributed by atoms with Crippen molar-refractivity contribution in [3.63, 3.8) is 0 Å². The number of aliphatic hydroxyl groups is 4. The van der Waals surface area contributed by atoms with Crippen molar-refractivity contribution in [2.24, 2.45) is 0 Å². The van der Waals surface area contributed by atoms with Crippen LogP contribution in [0.3, 0.4) is 0 Å². The standard InChI is InChI=1S/C24H26O10/c1-4-10-13(32-3)7-14(33-24-23(31)22(30)20(28)15(8-25)34-24)18-17(10)19(27)11-5-9(2)6-12(26)16(11)21(18)29/h5-7,15,20,22-26,28,30-31H,4,8H2,1-3H3/t15-,20-,22+,23-,24+/m1/s1. The SMILES string of the molecule is CCc1c(OC)cc(O[C@H]2O[C@H](CO)[C@@H](O)[C@H](O)[C@H]2O)c2c1C(=O)c1cc(C)cc(O)c1C2=O. The molecule has 1 heterocycles. The molecule has 0 radical (unpaired) electrons. The van der Waals surface area contributed by atoms with Gasteiger partial charge in [0, 0.05) is 22.8 Å². The fraction of sp³-hybridized carbons (Fsp3) is 0.417. The van der Waals surface area contributed by atoms with Crippen molar-refractivity contribution in [1.29, 1.82) is 0 Å². The summed E-state index contributed by atoms with van der Waals surface area (Å²) in [6.45, 7) is 2.81. The van der Waals surface area contributed by atoms with Gasteiger partial charge < -0.3 is 39.7 Å². The van der Waals surface area contributed by atoms with Crippen LogP contribution >= 0.6 is 0 Å². The van der Waals surface area contributed by atoms with Crippen LogP contribution in [0, 0.1) is 6.92 Å².